The van der Waals surface area contributed by atoms with E-state index in [-0.39, 0.29) is 5.78 Å². The predicted molar refractivity (Wildman–Crippen MR) is 85.4 cm³/mol. The molecule has 5 heteroatoms. The molecule has 2 rings (SSSR count). The zero-order chi connectivity index (χ0) is 16.7. The van der Waals surface area contributed by atoms with Crippen LogP contribution in [-0.4, -0.2) is 23.8 Å². The molecule has 0 spiro atoms. The molecule has 5 nitrogen and oxygen atoms in total. The maximum Gasteiger partial charge on any atom is 0.338 e. The average Bonchev–Trinajstić information content (AvgIpc) is 2.58. The van der Waals surface area contributed by atoms with Gasteiger partial charge in [-0.15, -0.1) is 0 Å². The summed E-state index contributed by atoms with van der Waals surface area (Å²) < 4.78 is 10.4. The third kappa shape index (κ3) is 4.92. The zero-order valence-corrected chi connectivity index (χ0v) is 13.2. The summed E-state index contributed by atoms with van der Waals surface area (Å²) in [4.78, 5) is 27.3. The molecule has 0 atom stereocenters. The van der Waals surface area contributed by atoms with E-state index in [1.807, 2.05) is 30.3 Å². The second-order valence-electron chi connectivity index (χ2n) is 5.15. The van der Waals surface area contributed by atoms with Gasteiger partial charge in [-0.25, -0.2) is 9.78 Å². The highest BCUT2D eigenvalue weighted by Gasteiger charge is 2.15. The summed E-state index contributed by atoms with van der Waals surface area (Å²) in [5.41, 5.74) is 2.07. The van der Waals surface area contributed by atoms with E-state index in [1.54, 1.807) is 12.3 Å². The number of esters is 1. The molecule has 0 saturated heterocycles. The summed E-state index contributed by atoms with van der Waals surface area (Å²) in [7, 11) is 1.32. The van der Waals surface area contributed by atoms with Crippen molar-refractivity contribution in [3.05, 3.63) is 59.3 Å². The van der Waals surface area contributed by atoms with Crippen molar-refractivity contribution in [1.82, 2.24) is 4.98 Å². The van der Waals surface area contributed by atoms with Crippen LogP contribution in [0, 0.1) is 0 Å². The van der Waals surface area contributed by atoms with Crippen LogP contribution in [0.25, 0.3) is 0 Å². The molecule has 0 fully saturated rings. The number of benzene rings is 1. The Morgan fingerprint density at radius 2 is 1.91 bits per heavy atom. The molecule has 0 bridgehead atoms. The third-order valence-corrected chi connectivity index (χ3v) is 3.34. The van der Waals surface area contributed by atoms with E-state index in [4.69, 9.17) is 9.47 Å². The second kappa shape index (κ2) is 8.08. The fraction of sp³-hybridized carbons (Fsp3) is 0.278. The molecule has 0 aliphatic rings. The van der Waals surface area contributed by atoms with Gasteiger partial charge in [0.1, 0.15) is 12.4 Å². The number of nitrogens with zero attached hydrogens (tertiary/aromatic N) is 1. The number of pyridine rings is 1. The van der Waals surface area contributed by atoms with Crippen molar-refractivity contribution >= 4 is 11.8 Å². The molecular weight excluding hydrogens is 294 g/mol. The minimum Gasteiger partial charge on any atom is -0.473 e. The molecule has 0 unspecified atom stereocenters. The quantitative estimate of drug-likeness (QED) is 0.735. The fourth-order valence-corrected chi connectivity index (χ4v) is 2.08. The van der Waals surface area contributed by atoms with Crippen LogP contribution < -0.4 is 4.74 Å². The molecule has 0 aliphatic carbocycles. The van der Waals surface area contributed by atoms with E-state index in [1.165, 1.54) is 14.0 Å². The Kier molecular flexibility index (Phi) is 5.86. The molecule has 1 aromatic heterocycles. The number of hydrogen-bond acceptors (Lipinski definition) is 5. The lowest BCUT2D eigenvalue weighted by Gasteiger charge is -2.10. The minimum absolute atomic E-state index is 0.0604. The maximum absolute atomic E-state index is 11.9. The number of carbonyl (C=O) groups excluding carboxylic acids is 2. The number of methoxy groups -OCH3 is 1. The Bertz CT molecular complexity index is 683. The summed E-state index contributed by atoms with van der Waals surface area (Å²) in [5.74, 6) is -0.0541. The van der Waals surface area contributed by atoms with Gasteiger partial charge in [0.2, 0.25) is 5.88 Å². The Morgan fingerprint density at radius 1 is 1.17 bits per heavy atom. The molecule has 0 radical (unpaired) electrons. The van der Waals surface area contributed by atoms with Crippen LogP contribution >= 0.6 is 0 Å². The predicted octanol–water partition coefficient (Wildman–Crippen LogP) is 2.97. The number of aromatic nitrogens is 1. The van der Waals surface area contributed by atoms with Gasteiger partial charge < -0.3 is 14.3 Å². The molecular formula is C18H19NO4. The lowest BCUT2D eigenvalue weighted by molar-refractivity contribution is -0.116. The summed E-state index contributed by atoms with van der Waals surface area (Å²) in [6, 6.07) is 11.2. The summed E-state index contributed by atoms with van der Waals surface area (Å²) in [6.45, 7) is 1.88. The molecule has 0 amide bonds. The normalized spacial score (nSPS) is 10.2. The van der Waals surface area contributed by atoms with Crippen LogP contribution in [0.1, 0.15) is 34.8 Å². The van der Waals surface area contributed by atoms with Gasteiger partial charge in [-0.1, -0.05) is 30.3 Å². The number of ether oxygens (including phenoxy) is 2. The highest BCUT2D eigenvalue weighted by molar-refractivity contribution is 5.91. The minimum atomic E-state index is -0.462. The maximum atomic E-state index is 11.9. The largest absolute Gasteiger partial charge is 0.473 e. The van der Waals surface area contributed by atoms with E-state index < -0.39 is 5.97 Å². The highest BCUT2D eigenvalue weighted by atomic mass is 16.5. The van der Waals surface area contributed by atoms with Gasteiger partial charge in [0, 0.05) is 18.7 Å². The van der Waals surface area contributed by atoms with E-state index in [9.17, 15) is 9.59 Å². The van der Waals surface area contributed by atoms with E-state index in [0.29, 0.717) is 36.5 Å². The van der Waals surface area contributed by atoms with E-state index in [0.717, 1.165) is 5.56 Å². The molecule has 0 N–H and O–H groups in total. The first-order chi connectivity index (χ1) is 11.1. The fourth-order valence-electron chi connectivity index (χ4n) is 2.08. The number of aryl methyl sites for hydroxylation is 1. The van der Waals surface area contributed by atoms with Gasteiger partial charge in [0.15, 0.2) is 0 Å². The van der Waals surface area contributed by atoms with Crippen LogP contribution in [0.15, 0.2) is 42.6 Å². The lowest BCUT2D eigenvalue weighted by Crippen LogP contribution is -2.09. The van der Waals surface area contributed by atoms with Crippen molar-refractivity contribution in [2.24, 2.45) is 0 Å². The molecule has 0 aliphatic heterocycles. The summed E-state index contributed by atoms with van der Waals surface area (Å²) >= 11 is 0. The number of ketones is 1. The van der Waals surface area contributed by atoms with Gasteiger partial charge in [0.25, 0.3) is 0 Å². The van der Waals surface area contributed by atoms with Gasteiger partial charge in [0.05, 0.1) is 12.7 Å². The molecule has 120 valence electrons. The smallest absolute Gasteiger partial charge is 0.338 e. The topological polar surface area (TPSA) is 65.5 Å². The number of Topliss-reactive ketones (excluding diaryl/α,β-unsaturated/α-hetero) is 1. The number of hydrogen-bond donors (Lipinski definition) is 0. The second-order valence-corrected chi connectivity index (χ2v) is 5.15. The number of rotatable bonds is 7. The molecule has 1 heterocycles. The summed E-state index contributed by atoms with van der Waals surface area (Å²) in [5, 5.41) is 0. The zero-order valence-electron chi connectivity index (χ0n) is 13.2. The molecule has 23 heavy (non-hydrogen) atoms. The number of carbonyl (C=O) groups is 2. The van der Waals surface area contributed by atoms with Gasteiger partial charge in [-0.3, -0.25) is 0 Å². The third-order valence-electron chi connectivity index (χ3n) is 3.34. The van der Waals surface area contributed by atoms with Crippen molar-refractivity contribution in [3.63, 3.8) is 0 Å². The first-order valence-corrected chi connectivity index (χ1v) is 7.33. The standard InChI is InChI=1S/C18H19NO4/c1-13(20)8-9-15-11-19-17(10-16(15)18(21)22-2)23-12-14-6-4-3-5-7-14/h3-7,10-11H,8-9,12H2,1-2H3. The summed E-state index contributed by atoms with van der Waals surface area (Å²) in [6.07, 6.45) is 2.37. The van der Waals surface area contributed by atoms with Crippen LogP contribution in [0.5, 0.6) is 5.88 Å². The van der Waals surface area contributed by atoms with Crippen molar-refractivity contribution in [1.29, 1.82) is 0 Å². The SMILES string of the molecule is COC(=O)c1cc(OCc2ccccc2)ncc1CCC(C)=O. The van der Waals surface area contributed by atoms with E-state index in [2.05, 4.69) is 4.98 Å². The van der Waals surface area contributed by atoms with Gasteiger partial charge >= 0.3 is 5.97 Å². The molecule has 0 saturated carbocycles. The molecule has 1 aromatic carbocycles. The Labute approximate surface area is 135 Å². The lowest BCUT2D eigenvalue weighted by atomic mass is 10.0. The van der Waals surface area contributed by atoms with Crippen LogP contribution in [0.2, 0.25) is 0 Å². The Hall–Kier alpha value is -2.69. The van der Waals surface area contributed by atoms with Crippen molar-refractivity contribution < 1.29 is 19.1 Å². The average molecular weight is 313 g/mol. The van der Waals surface area contributed by atoms with Crippen LogP contribution in [0.4, 0.5) is 0 Å². The Balaban J connectivity index is 2.15. The van der Waals surface area contributed by atoms with E-state index >= 15 is 0 Å². The van der Waals surface area contributed by atoms with Crippen molar-refractivity contribution in [3.8, 4) is 5.88 Å². The van der Waals surface area contributed by atoms with Crippen LogP contribution in [-0.2, 0) is 22.6 Å². The highest BCUT2D eigenvalue weighted by Crippen LogP contribution is 2.18. The molecule has 2 aromatic rings. The monoisotopic (exact) mass is 313 g/mol. The van der Waals surface area contributed by atoms with Crippen LogP contribution in [0.3, 0.4) is 0 Å². The van der Waals surface area contributed by atoms with Crippen molar-refractivity contribution in [2.45, 2.75) is 26.4 Å². The van der Waals surface area contributed by atoms with Gasteiger partial charge in [-0.2, -0.15) is 0 Å². The van der Waals surface area contributed by atoms with Crippen molar-refractivity contribution in [2.75, 3.05) is 7.11 Å². The first-order valence-electron chi connectivity index (χ1n) is 7.33. The van der Waals surface area contributed by atoms with Gasteiger partial charge in [-0.05, 0) is 24.5 Å². The Morgan fingerprint density at radius 3 is 2.57 bits per heavy atom. The first kappa shape index (κ1) is 16.7.